The lowest BCUT2D eigenvalue weighted by atomic mass is 10.2. The lowest BCUT2D eigenvalue weighted by Crippen LogP contribution is -2.05. The fraction of sp³-hybridized carbons (Fsp3) is 0.455. The minimum absolute atomic E-state index is 0.119. The molecule has 1 heterocycles. The molecule has 0 aromatic carbocycles. The molecule has 0 radical (unpaired) electrons. The van der Waals surface area contributed by atoms with E-state index in [9.17, 15) is 9.59 Å². The van der Waals surface area contributed by atoms with Gasteiger partial charge < -0.3 is 19.4 Å². The van der Waals surface area contributed by atoms with Crippen molar-refractivity contribution in [2.45, 2.75) is 19.3 Å². The zero-order valence-electron chi connectivity index (χ0n) is 9.22. The van der Waals surface area contributed by atoms with Crippen molar-refractivity contribution in [3.8, 4) is 0 Å². The van der Waals surface area contributed by atoms with Crippen LogP contribution in [0.15, 0.2) is 16.5 Å². The number of hydrogen-bond acceptors (Lipinski definition) is 5. The Hall–Kier alpha value is -1.82. The Kier molecular flexibility index (Phi) is 5.22. The smallest absolute Gasteiger partial charge is 0.374 e. The molecule has 6 heteroatoms. The normalized spacial score (nSPS) is 10.2. The number of carboxylic acids is 1. The van der Waals surface area contributed by atoms with Crippen molar-refractivity contribution >= 4 is 11.9 Å². The van der Waals surface area contributed by atoms with Crippen LogP contribution in [0, 0.1) is 0 Å². The van der Waals surface area contributed by atoms with E-state index in [1.807, 2.05) is 0 Å². The molecular weight excluding hydrogens is 228 g/mol. The molecule has 0 saturated carbocycles. The maximum Gasteiger partial charge on any atom is 0.374 e. The Labute approximate surface area is 97.8 Å². The fourth-order valence-corrected chi connectivity index (χ4v) is 1.19. The van der Waals surface area contributed by atoms with Crippen LogP contribution in [0.25, 0.3) is 0 Å². The second-order valence-corrected chi connectivity index (χ2v) is 3.39. The average molecular weight is 242 g/mol. The number of aromatic carboxylic acids is 1. The van der Waals surface area contributed by atoms with Gasteiger partial charge in [-0.3, -0.25) is 0 Å². The van der Waals surface area contributed by atoms with Crippen molar-refractivity contribution in [3.05, 3.63) is 23.7 Å². The Morgan fingerprint density at radius 1 is 1.18 bits per heavy atom. The second kappa shape index (κ2) is 6.70. The van der Waals surface area contributed by atoms with Gasteiger partial charge in [0.2, 0.25) is 11.5 Å². The average Bonchev–Trinajstić information content (AvgIpc) is 2.78. The summed E-state index contributed by atoms with van der Waals surface area (Å²) < 4.78 is 9.63. The number of aliphatic hydroxyl groups is 1. The van der Waals surface area contributed by atoms with Crippen molar-refractivity contribution in [3.63, 3.8) is 0 Å². The van der Waals surface area contributed by atoms with Crippen LogP contribution in [0.4, 0.5) is 0 Å². The maximum absolute atomic E-state index is 11.4. The summed E-state index contributed by atoms with van der Waals surface area (Å²) >= 11 is 0. The van der Waals surface area contributed by atoms with Crippen LogP contribution in [0.5, 0.6) is 0 Å². The van der Waals surface area contributed by atoms with Crippen LogP contribution in [0.3, 0.4) is 0 Å². The van der Waals surface area contributed by atoms with E-state index in [-0.39, 0.29) is 24.7 Å². The molecule has 0 bridgehead atoms. The molecule has 0 amide bonds. The fourth-order valence-electron chi connectivity index (χ4n) is 1.19. The van der Waals surface area contributed by atoms with E-state index >= 15 is 0 Å². The van der Waals surface area contributed by atoms with Gasteiger partial charge in [0.1, 0.15) is 0 Å². The predicted molar refractivity (Wildman–Crippen MR) is 56.9 cm³/mol. The number of esters is 1. The highest BCUT2D eigenvalue weighted by Crippen LogP contribution is 2.09. The standard InChI is InChI=1S/C11H14O6/c12-6-2-1-3-7-16-11(15)9-5-4-8(17-9)10(13)14/h4-5,12H,1-3,6-7H2,(H,13,14). The highest BCUT2D eigenvalue weighted by Gasteiger charge is 2.15. The number of carboxylic acid groups (broad SMARTS) is 1. The van der Waals surface area contributed by atoms with Gasteiger partial charge in [-0.1, -0.05) is 0 Å². The van der Waals surface area contributed by atoms with Gasteiger partial charge in [0, 0.05) is 6.61 Å². The highest BCUT2D eigenvalue weighted by atomic mass is 16.5. The van der Waals surface area contributed by atoms with Gasteiger partial charge in [0.05, 0.1) is 6.61 Å². The van der Waals surface area contributed by atoms with E-state index in [1.165, 1.54) is 12.1 Å². The molecule has 0 aliphatic rings. The van der Waals surface area contributed by atoms with E-state index in [0.717, 1.165) is 6.42 Å². The molecule has 1 aromatic heterocycles. The monoisotopic (exact) mass is 242 g/mol. The molecule has 0 atom stereocenters. The molecule has 0 aliphatic heterocycles. The Balaban J connectivity index is 2.34. The molecule has 1 aromatic rings. The quantitative estimate of drug-likeness (QED) is 0.552. The molecule has 0 fully saturated rings. The summed E-state index contributed by atoms with van der Waals surface area (Å²) in [6.07, 6.45) is 2.09. The maximum atomic E-state index is 11.4. The van der Waals surface area contributed by atoms with Crippen molar-refractivity contribution in [1.29, 1.82) is 0 Å². The molecule has 6 nitrogen and oxygen atoms in total. The largest absolute Gasteiger partial charge is 0.475 e. The van der Waals surface area contributed by atoms with Crippen LogP contribution in [-0.4, -0.2) is 35.4 Å². The summed E-state index contributed by atoms with van der Waals surface area (Å²) in [4.78, 5) is 21.9. The first-order valence-electron chi connectivity index (χ1n) is 5.26. The van der Waals surface area contributed by atoms with Crippen molar-refractivity contribution < 1.29 is 29.0 Å². The highest BCUT2D eigenvalue weighted by molar-refractivity contribution is 5.89. The topological polar surface area (TPSA) is 97.0 Å². The second-order valence-electron chi connectivity index (χ2n) is 3.39. The summed E-state index contributed by atoms with van der Waals surface area (Å²) in [5, 5.41) is 17.1. The van der Waals surface area contributed by atoms with E-state index in [4.69, 9.17) is 19.4 Å². The van der Waals surface area contributed by atoms with Gasteiger partial charge in [0.15, 0.2) is 0 Å². The van der Waals surface area contributed by atoms with Gasteiger partial charge in [0.25, 0.3) is 0 Å². The minimum Gasteiger partial charge on any atom is -0.475 e. The number of furan rings is 1. The Bertz CT molecular complexity index is 381. The SMILES string of the molecule is O=C(O)c1ccc(C(=O)OCCCCCO)o1. The van der Waals surface area contributed by atoms with E-state index in [1.54, 1.807) is 0 Å². The molecule has 0 aliphatic carbocycles. The third kappa shape index (κ3) is 4.28. The van der Waals surface area contributed by atoms with Crippen molar-refractivity contribution in [2.24, 2.45) is 0 Å². The number of aliphatic hydroxyl groups excluding tert-OH is 1. The lowest BCUT2D eigenvalue weighted by Gasteiger charge is -2.01. The zero-order valence-corrected chi connectivity index (χ0v) is 9.22. The first kappa shape index (κ1) is 13.2. The van der Waals surface area contributed by atoms with Gasteiger partial charge >= 0.3 is 11.9 Å². The number of rotatable bonds is 7. The zero-order chi connectivity index (χ0) is 12.7. The number of ether oxygens (including phenoxy) is 1. The molecule has 1 rings (SSSR count). The number of carbonyl (C=O) groups excluding carboxylic acids is 1. The van der Waals surface area contributed by atoms with E-state index in [2.05, 4.69) is 0 Å². The molecule has 0 saturated heterocycles. The summed E-state index contributed by atoms with van der Waals surface area (Å²) in [5.74, 6) is -2.32. The summed E-state index contributed by atoms with van der Waals surface area (Å²) in [7, 11) is 0. The van der Waals surface area contributed by atoms with Gasteiger partial charge in [-0.15, -0.1) is 0 Å². The molecule has 17 heavy (non-hydrogen) atoms. The number of carbonyl (C=O) groups is 2. The first-order chi connectivity index (χ1) is 8.15. The van der Waals surface area contributed by atoms with E-state index < -0.39 is 11.9 Å². The predicted octanol–water partition coefficient (Wildman–Crippen LogP) is 1.30. The van der Waals surface area contributed by atoms with Crippen LogP contribution < -0.4 is 0 Å². The minimum atomic E-state index is -1.23. The Morgan fingerprint density at radius 2 is 1.88 bits per heavy atom. The summed E-state index contributed by atoms with van der Waals surface area (Å²) in [5.41, 5.74) is 0. The molecule has 0 spiro atoms. The Morgan fingerprint density at radius 3 is 2.47 bits per heavy atom. The van der Waals surface area contributed by atoms with Gasteiger partial charge in [-0.05, 0) is 31.4 Å². The lowest BCUT2D eigenvalue weighted by molar-refractivity contribution is 0.0455. The van der Waals surface area contributed by atoms with Crippen LogP contribution in [-0.2, 0) is 4.74 Å². The van der Waals surface area contributed by atoms with Crippen LogP contribution in [0.1, 0.15) is 40.4 Å². The molecule has 2 N–H and O–H groups in total. The van der Waals surface area contributed by atoms with Crippen LogP contribution >= 0.6 is 0 Å². The number of unbranched alkanes of at least 4 members (excludes halogenated alkanes) is 2. The third-order valence-corrected chi connectivity index (χ3v) is 2.05. The van der Waals surface area contributed by atoms with Gasteiger partial charge in [-0.25, -0.2) is 9.59 Å². The van der Waals surface area contributed by atoms with Crippen molar-refractivity contribution in [2.75, 3.05) is 13.2 Å². The molecule has 94 valence electrons. The van der Waals surface area contributed by atoms with Gasteiger partial charge in [-0.2, -0.15) is 0 Å². The third-order valence-electron chi connectivity index (χ3n) is 2.05. The van der Waals surface area contributed by atoms with Crippen molar-refractivity contribution in [1.82, 2.24) is 0 Å². The summed E-state index contributed by atoms with van der Waals surface area (Å²) in [6, 6.07) is 2.46. The van der Waals surface area contributed by atoms with Crippen LogP contribution in [0.2, 0.25) is 0 Å². The molecular formula is C11H14O6. The summed E-state index contributed by atoms with van der Waals surface area (Å²) in [6.45, 7) is 0.343. The first-order valence-corrected chi connectivity index (χ1v) is 5.26. The van der Waals surface area contributed by atoms with E-state index in [0.29, 0.717) is 12.8 Å². The molecule has 0 unspecified atom stereocenters. The number of hydrogen-bond donors (Lipinski definition) is 2.